The molecule has 0 aromatic carbocycles. The van der Waals surface area contributed by atoms with Gasteiger partial charge in [0.05, 0.1) is 6.54 Å². The predicted octanol–water partition coefficient (Wildman–Crippen LogP) is 2.16. The molecule has 0 N–H and O–H groups in total. The van der Waals surface area contributed by atoms with Gasteiger partial charge in [0.1, 0.15) is 0 Å². The second-order valence-corrected chi connectivity index (χ2v) is 4.34. The van der Waals surface area contributed by atoms with Gasteiger partial charge in [-0.1, -0.05) is 0 Å². The molecule has 0 bridgehead atoms. The SMILES string of the molecule is CN(CCc1ccncc1)Cc1nnc(C(F)(F)F)o1. The lowest BCUT2D eigenvalue weighted by molar-refractivity contribution is -0.157. The van der Waals surface area contributed by atoms with Crippen LogP contribution in [0.1, 0.15) is 17.3 Å². The molecule has 0 unspecified atom stereocenters. The van der Waals surface area contributed by atoms with Crippen molar-refractivity contribution in [1.29, 1.82) is 0 Å². The van der Waals surface area contributed by atoms with Crippen LogP contribution in [0.25, 0.3) is 0 Å². The van der Waals surface area contributed by atoms with Crippen LogP contribution in [-0.2, 0) is 19.1 Å². The highest BCUT2D eigenvalue weighted by Crippen LogP contribution is 2.27. The topological polar surface area (TPSA) is 55.1 Å². The number of halogens is 3. The van der Waals surface area contributed by atoms with Crippen LogP contribution in [0.5, 0.6) is 0 Å². The average Bonchev–Trinajstić information content (AvgIpc) is 2.86. The predicted molar refractivity (Wildman–Crippen MR) is 63.6 cm³/mol. The number of rotatable bonds is 5. The van der Waals surface area contributed by atoms with Crippen molar-refractivity contribution in [2.45, 2.75) is 19.1 Å². The monoisotopic (exact) mass is 286 g/mol. The standard InChI is InChI=1S/C12H13F3N4O/c1-19(7-4-9-2-5-16-6-3-9)8-10-17-18-11(20-10)12(13,14)15/h2-3,5-6H,4,7-8H2,1H3. The number of hydrogen-bond donors (Lipinski definition) is 0. The number of aromatic nitrogens is 3. The van der Waals surface area contributed by atoms with E-state index in [4.69, 9.17) is 0 Å². The van der Waals surface area contributed by atoms with Gasteiger partial charge in [-0.2, -0.15) is 13.2 Å². The fraction of sp³-hybridized carbons (Fsp3) is 0.417. The molecular formula is C12H13F3N4O. The molecule has 0 saturated carbocycles. The molecule has 8 heteroatoms. The Labute approximate surface area is 113 Å². The van der Waals surface area contributed by atoms with E-state index in [1.165, 1.54) is 0 Å². The van der Waals surface area contributed by atoms with Gasteiger partial charge in [-0.25, -0.2) is 0 Å². The minimum Gasteiger partial charge on any atom is -0.416 e. The molecule has 2 heterocycles. The lowest BCUT2D eigenvalue weighted by Crippen LogP contribution is -2.21. The fourth-order valence-corrected chi connectivity index (χ4v) is 1.61. The van der Waals surface area contributed by atoms with Gasteiger partial charge in [0, 0.05) is 18.9 Å². The Bertz CT molecular complexity index is 541. The number of alkyl halides is 3. The summed E-state index contributed by atoms with van der Waals surface area (Å²) in [5.74, 6) is -1.36. The van der Waals surface area contributed by atoms with Crippen molar-refractivity contribution in [2.24, 2.45) is 0 Å². The summed E-state index contributed by atoms with van der Waals surface area (Å²) in [6.07, 6.45) is -0.438. The zero-order valence-electron chi connectivity index (χ0n) is 10.8. The highest BCUT2D eigenvalue weighted by Gasteiger charge is 2.38. The Kier molecular flexibility index (Phi) is 4.33. The largest absolute Gasteiger partial charge is 0.470 e. The van der Waals surface area contributed by atoms with E-state index in [-0.39, 0.29) is 12.4 Å². The highest BCUT2D eigenvalue weighted by molar-refractivity contribution is 5.09. The molecule has 0 spiro atoms. The Morgan fingerprint density at radius 1 is 1.20 bits per heavy atom. The summed E-state index contributed by atoms with van der Waals surface area (Å²) in [4.78, 5) is 5.73. The molecule has 0 amide bonds. The van der Waals surface area contributed by atoms with E-state index < -0.39 is 12.1 Å². The van der Waals surface area contributed by atoms with E-state index in [1.54, 1.807) is 19.4 Å². The van der Waals surface area contributed by atoms with E-state index in [0.29, 0.717) is 6.54 Å². The molecule has 0 fully saturated rings. The van der Waals surface area contributed by atoms with Gasteiger partial charge < -0.3 is 4.42 Å². The van der Waals surface area contributed by atoms with Crippen LogP contribution in [0.4, 0.5) is 13.2 Å². The maximum Gasteiger partial charge on any atom is 0.470 e. The van der Waals surface area contributed by atoms with Crippen LogP contribution in [0, 0.1) is 0 Å². The quantitative estimate of drug-likeness (QED) is 0.843. The molecule has 108 valence electrons. The first kappa shape index (κ1) is 14.4. The molecule has 0 aliphatic carbocycles. The van der Waals surface area contributed by atoms with Crippen LogP contribution in [-0.4, -0.2) is 33.7 Å². The van der Waals surface area contributed by atoms with Crippen molar-refractivity contribution in [1.82, 2.24) is 20.1 Å². The molecule has 20 heavy (non-hydrogen) atoms. The molecule has 0 radical (unpaired) electrons. The van der Waals surface area contributed by atoms with E-state index in [0.717, 1.165) is 12.0 Å². The summed E-state index contributed by atoms with van der Waals surface area (Å²) in [7, 11) is 1.78. The lowest BCUT2D eigenvalue weighted by Gasteiger charge is -2.13. The van der Waals surface area contributed by atoms with Crippen LogP contribution in [0.15, 0.2) is 28.9 Å². The Hall–Kier alpha value is -1.96. The van der Waals surface area contributed by atoms with Gasteiger partial charge in [0.2, 0.25) is 5.89 Å². The highest BCUT2D eigenvalue weighted by atomic mass is 19.4. The molecule has 0 saturated heterocycles. The third kappa shape index (κ3) is 4.02. The van der Waals surface area contributed by atoms with Gasteiger partial charge in [-0.05, 0) is 31.2 Å². The fourth-order valence-electron chi connectivity index (χ4n) is 1.61. The van der Waals surface area contributed by atoms with Crippen LogP contribution >= 0.6 is 0 Å². The van der Waals surface area contributed by atoms with Gasteiger partial charge in [0.25, 0.3) is 0 Å². The van der Waals surface area contributed by atoms with Crippen molar-refractivity contribution in [2.75, 3.05) is 13.6 Å². The molecule has 2 aromatic heterocycles. The van der Waals surface area contributed by atoms with Gasteiger partial charge in [-0.15, -0.1) is 10.2 Å². The molecular weight excluding hydrogens is 273 g/mol. The summed E-state index contributed by atoms with van der Waals surface area (Å²) in [5.41, 5.74) is 1.10. The first-order valence-corrected chi connectivity index (χ1v) is 5.92. The zero-order valence-corrected chi connectivity index (χ0v) is 10.8. The number of hydrogen-bond acceptors (Lipinski definition) is 5. The first-order valence-electron chi connectivity index (χ1n) is 5.92. The second-order valence-electron chi connectivity index (χ2n) is 4.34. The van der Waals surface area contributed by atoms with Crippen molar-refractivity contribution in [3.05, 3.63) is 41.9 Å². The average molecular weight is 286 g/mol. The smallest absolute Gasteiger partial charge is 0.416 e. The summed E-state index contributed by atoms with van der Waals surface area (Å²) in [6, 6.07) is 3.78. The number of likely N-dealkylation sites (N-methyl/N-ethyl adjacent to an activating group) is 1. The first-order chi connectivity index (χ1) is 9.45. The van der Waals surface area contributed by atoms with E-state index in [2.05, 4.69) is 19.6 Å². The Morgan fingerprint density at radius 2 is 1.90 bits per heavy atom. The van der Waals surface area contributed by atoms with E-state index in [9.17, 15) is 13.2 Å². The Balaban J connectivity index is 1.85. The third-order valence-electron chi connectivity index (χ3n) is 2.65. The minimum atomic E-state index is -4.60. The summed E-state index contributed by atoms with van der Waals surface area (Å²) < 4.78 is 41.4. The maximum absolute atomic E-state index is 12.3. The lowest BCUT2D eigenvalue weighted by atomic mass is 10.2. The third-order valence-corrected chi connectivity index (χ3v) is 2.65. The van der Waals surface area contributed by atoms with E-state index in [1.807, 2.05) is 17.0 Å². The second kappa shape index (κ2) is 6.00. The molecule has 0 aliphatic rings. The van der Waals surface area contributed by atoms with Crippen molar-refractivity contribution in [3.8, 4) is 0 Å². The maximum atomic E-state index is 12.3. The van der Waals surface area contributed by atoms with Crippen LogP contribution < -0.4 is 0 Å². The van der Waals surface area contributed by atoms with Crippen LogP contribution in [0.3, 0.4) is 0 Å². The van der Waals surface area contributed by atoms with Gasteiger partial charge in [-0.3, -0.25) is 9.88 Å². The number of nitrogens with zero attached hydrogens (tertiary/aromatic N) is 4. The molecule has 5 nitrogen and oxygen atoms in total. The van der Waals surface area contributed by atoms with Crippen LogP contribution in [0.2, 0.25) is 0 Å². The van der Waals surface area contributed by atoms with Crippen molar-refractivity contribution >= 4 is 0 Å². The summed E-state index contributed by atoms with van der Waals surface area (Å²) in [5, 5.41) is 6.37. The normalized spacial score (nSPS) is 12.1. The van der Waals surface area contributed by atoms with Gasteiger partial charge in [0.15, 0.2) is 0 Å². The zero-order chi connectivity index (χ0) is 14.6. The van der Waals surface area contributed by atoms with Gasteiger partial charge >= 0.3 is 12.1 Å². The molecule has 2 aromatic rings. The Morgan fingerprint density at radius 3 is 2.50 bits per heavy atom. The summed E-state index contributed by atoms with van der Waals surface area (Å²) >= 11 is 0. The number of pyridine rings is 1. The molecule has 2 rings (SSSR count). The van der Waals surface area contributed by atoms with E-state index >= 15 is 0 Å². The van der Waals surface area contributed by atoms with Crippen molar-refractivity contribution < 1.29 is 17.6 Å². The van der Waals surface area contributed by atoms with Crippen molar-refractivity contribution in [3.63, 3.8) is 0 Å². The molecule has 0 atom stereocenters. The minimum absolute atomic E-state index is 0.0467. The molecule has 0 aliphatic heterocycles. The summed E-state index contributed by atoms with van der Waals surface area (Å²) in [6.45, 7) is 0.835.